The largest absolute Gasteiger partial charge is 0.342 e. The molecule has 2 saturated heterocycles. The Hall–Kier alpha value is -2.04. The maximum absolute atomic E-state index is 12.9. The molecule has 1 aromatic rings. The normalized spacial score (nSPS) is 21.9. The first-order valence-corrected chi connectivity index (χ1v) is 9.36. The van der Waals surface area contributed by atoms with Crippen LogP contribution >= 0.6 is 0 Å². The molecule has 25 heavy (non-hydrogen) atoms. The third-order valence-electron chi connectivity index (χ3n) is 5.50. The molecule has 136 valence electrons. The van der Waals surface area contributed by atoms with E-state index in [1.54, 1.807) is 19.0 Å². The zero-order valence-electron chi connectivity index (χ0n) is 15.4. The molecule has 5 nitrogen and oxygen atoms in total. The Bertz CT molecular complexity index is 594. The molecule has 0 radical (unpaired) electrons. The average Bonchev–Trinajstić information content (AvgIpc) is 2.67. The van der Waals surface area contributed by atoms with E-state index >= 15 is 0 Å². The number of amides is 3. The first kappa shape index (κ1) is 17.8. The van der Waals surface area contributed by atoms with Crippen LogP contribution in [0, 0.1) is 5.92 Å². The number of hydrogen-bond donors (Lipinski definition) is 0. The van der Waals surface area contributed by atoms with Crippen LogP contribution in [0.5, 0.6) is 0 Å². The molecule has 0 N–H and O–H groups in total. The summed E-state index contributed by atoms with van der Waals surface area (Å²) >= 11 is 0. The van der Waals surface area contributed by atoms with Gasteiger partial charge in [-0.3, -0.25) is 4.79 Å². The molecule has 2 aliphatic heterocycles. The summed E-state index contributed by atoms with van der Waals surface area (Å²) in [5.41, 5.74) is 1.38. The number of carbonyl (C=O) groups is 2. The molecular weight excluding hydrogens is 314 g/mol. The molecule has 0 aromatic heterocycles. The van der Waals surface area contributed by atoms with E-state index in [9.17, 15) is 9.59 Å². The second kappa shape index (κ2) is 7.89. The zero-order chi connectivity index (χ0) is 17.8. The van der Waals surface area contributed by atoms with Crippen molar-refractivity contribution >= 4 is 11.9 Å². The summed E-state index contributed by atoms with van der Waals surface area (Å²) in [5, 5.41) is 0. The van der Waals surface area contributed by atoms with E-state index in [1.807, 2.05) is 15.9 Å². The molecular formula is C20H29N3O2. The fourth-order valence-electron chi connectivity index (χ4n) is 4.05. The molecule has 2 aliphatic rings. The Morgan fingerprint density at radius 2 is 1.64 bits per heavy atom. The Labute approximate surface area is 150 Å². The molecule has 3 amide bonds. The number of likely N-dealkylation sites (tertiary alicyclic amines) is 2. The summed E-state index contributed by atoms with van der Waals surface area (Å²) in [6.45, 7) is 2.98. The van der Waals surface area contributed by atoms with Crippen LogP contribution < -0.4 is 0 Å². The number of urea groups is 1. The minimum absolute atomic E-state index is 0.0142. The number of carbonyl (C=O) groups excluding carboxylic acids is 2. The van der Waals surface area contributed by atoms with Crippen molar-refractivity contribution in [3.8, 4) is 0 Å². The van der Waals surface area contributed by atoms with Crippen molar-refractivity contribution in [3.05, 3.63) is 35.9 Å². The van der Waals surface area contributed by atoms with Gasteiger partial charge in [0.15, 0.2) is 0 Å². The maximum atomic E-state index is 12.9. The minimum atomic E-state index is -0.0362. The number of hydrogen-bond acceptors (Lipinski definition) is 2. The van der Waals surface area contributed by atoms with Gasteiger partial charge < -0.3 is 14.7 Å². The molecule has 0 aliphatic carbocycles. The fraction of sp³-hybridized carbons (Fsp3) is 0.600. The van der Waals surface area contributed by atoms with E-state index < -0.39 is 0 Å². The van der Waals surface area contributed by atoms with Crippen LogP contribution in [0.1, 0.15) is 37.2 Å². The Kier molecular flexibility index (Phi) is 5.61. The topological polar surface area (TPSA) is 43.9 Å². The summed E-state index contributed by atoms with van der Waals surface area (Å²) in [7, 11) is 3.53. The standard InChI is InChI=1S/C20H29N3O2/c1-21(2)20(25)23-12-6-9-18(15-23)19(24)22-13-10-17(11-14-22)16-7-4-3-5-8-16/h3-5,7-8,17-18H,6,9-15H2,1-2H3. The van der Waals surface area contributed by atoms with Gasteiger partial charge in [-0.25, -0.2) is 4.79 Å². The van der Waals surface area contributed by atoms with Crippen LogP contribution in [-0.4, -0.2) is 66.9 Å². The third-order valence-corrected chi connectivity index (χ3v) is 5.50. The van der Waals surface area contributed by atoms with Crippen LogP contribution in [0.4, 0.5) is 4.79 Å². The maximum Gasteiger partial charge on any atom is 0.319 e. The number of piperidine rings is 2. The van der Waals surface area contributed by atoms with Crippen molar-refractivity contribution in [2.24, 2.45) is 5.92 Å². The summed E-state index contributed by atoms with van der Waals surface area (Å²) in [6, 6.07) is 10.6. The van der Waals surface area contributed by atoms with Gasteiger partial charge in [-0.2, -0.15) is 0 Å². The van der Waals surface area contributed by atoms with E-state index in [0.29, 0.717) is 12.5 Å². The fourth-order valence-corrected chi connectivity index (χ4v) is 4.05. The van der Waals surface area contributed by atoms with E-state index in [-0.39, 0.29) is 17.9 Å². The van der Waals surface area contributed by atoms with E-state index in [1.165, 1.54) is 5.56 Å². The molecule has 1 aromatic carbocycles. The molecule has 3 rings (SSSR count). The number of nitrogens with zero attached hydrogens (tertiary/aromatic N) is 3. The summed E-state index contributed by atoms with van der Waals surface area (Å²) < 4.78 is 0. The van der Waals surface area contributed by atoms with Crippen molar-refractivity contribution in [3.63, 3.8) is 0 Å². The highest BCUT2D eigenvalue weighted by molar-refractivity contribution is 5.81. The zero-order valence-corrected chi connectivity index (χ0v) is 15.4. The quantitative estimate of drug-likeness (QED) is 0.829. The van der Waals surface area contributed by atoms with Crippen molar-refractivity contribution in [2.75, 3.05) is 40.3 Å². The lowest BCUT2D eigenvalue weighted by Gasteiger charge is -2.38. The molecule has 0 saturated carbocycles. The van der Waals surface area contributed by atoms with Crippen molar-refractivity contribution in [1.82, 2.24) is 14.7 Å². The highest BCUT2D eigenvalue weighted by atomic mass is 16.2. The Balaban J connectivity index is 1.54. The SMILES string of the molecule is CN(C)C(=O)N1CCCC(C(=O)N2CCC(c3ccccc3)CC2)C1. The predicted molar refractivity (Wildman–Crippen MR) is 98.4 cm³/mol. The van der Waals surface area contributed by atoms with Crippen LogP contribution in [0.3, 0.4) is 0 Å². The smallest absolute Gasteiger partial charge is 0.319 e. The van der Waals surface area contributed by atoms with Gasteiger partial charge in [-0.15, -0.1) is 0 Å². The van der Waals surface area contributed by atoms with Crippen LogP contribution in [-0.2, 0) is 4.79 Å². The van der Waals surface area contributed by atoms with Crippen LogP contribution in [0.15, 0.2) is 30.3 Å². The van der Waals surface area contributed by atoms with E-state index in [0.717, 1.165) is 45.3 Å². The van der Waals surface area contributed by atoms with Crippen LogP contribution in [0.2, 0.25) is 0 Å². The molecule has 0 bridgehead atoms. The second-order valence-electron chi connectivity index (χ2n) is 7.47. The summed E-state index contributed by atoms with van der Waals surface area (Å²) in [4.78, 5) is 30.5. The van der Waals surface area contributed by atoms with Crippen molar-refractivity contribution in [2.45, 2.75) is 31.6 Å². The van der Waals surface area contributed by atoms with Crippen molar-refractivity contribution in [1.29, 1.82) is 0 Å². The highest BCUT2D eigenvalue weighted by Crippen LogP contribution is 2.29. The van der Waals surface area contributed by atoms with Crippen LogP contribution in [0.25, 0.3) is 0 Å². The van der Waals surface area contributed by atoms with Crippen molar-refractivity contribution < 1.29 is 9.59 Å². The van der Waals surface area contributed by atoms with Gasteiger partial charge in [0, 0.05) is 40.3 Å². The van der Waals surface area contributed by atoms with Gasteiger partial charge in [-0.1, -0.05) is 30.3 Å². The first-order chi connectivity index (χ1) is 12.1. The second-order valence-corrected chi connectivity index (χ2v) is 7.47. The molecule has 1 unspecified atom stereocenters. The Morgan fingerprint density at radius 3 is 2.28 bits per heavy atom. The number of rotatable bonds is 2. The lowest BCUT2D eigenvalue weighted by atomic mass is 9.88. The Morgan fingerprint density at radius 1 is 0.960 bits per heavy atom. The van der Waals surface area contributed by atoms with Gasteiger partial charge >= 0.3 is 6.03 Å². The average molecular weight is 343 g/mol. The van der Waals surface area contributed by atoms with Gasteiger partial charge in [0.2, 0.25) is 5.91 Å². The minimum Gasteiger partial charge on any atom is -0.342 e. The highest BCUT2D eigenvalue weighted by Gasteiger charge is 2.33. The van der Waals surface area contributed by atoms with Gasteiger partial charge in [0.1, 0.15) is 0 Å². The molecule has 2 fully saturated rings. The van der Waals surface area contributed by atoms with E-state index in [4.69, 9.17) is 0 Å². The first-order valence-electron chi connectivity index (χ1n) is 9.36. The molecule has 0 spiro atoms. The summed E-state index contributed by atoms with van der Waals surface area (Å²) in [6.07, 6.45) is 3.87. The lowest BCUT2D eigenvalue weighted by molar-refractivity contribution is -0.138. The third kappa shape index (κ3) is 4.14. The lowest BCUT2D eigenvalue weighted by Crippen LogP contribution is -2.50. The van der Waals surface area contributed by atoms with Gasteiger partial charge in [-0.05, 0) is 37.2 Å². The number of benzene rings is 1. The monoisotopic (exact) mass is 343 g/mol. The van der Waals surface area contributed by atoms with E-state index in [2.05, 4.69) is 24.3 Å². The molecule has 2 heterocycles. The van der Waals surface area contributed by atoms with Gasteiger partial charge in [0.25, 0.3) is 0 Å². The summed E-state index contributed by atoms with van der Waals surface area (Å²) in [5.74, 6) is 0.761. The molecule has 5 heteroatoms. The molecule has 1 atom stereocenters. The predicted octanol–water partition coefficient (Wildman–Crippen LogP) is 2.79. The van der Waals surface area contributed by atoms with Gasteiger partial charge in [0.05, 0.1) is 5.92 Å².